The van der Waals surface area contributed by atoms with Crippen LogP contribution in [0.15, 0.2) is 91.0 Å². The van der Waals surface area contributed by atoms with Gasteiger partial charge in [0.15, 0.2) is 11.5 Å². The number of fused-ring (bicyclic) bond motifs is 8. The smallest absolute Gasteiger partial charge is 0.272 e. The Morgan fingerprint density at radius 3 is 1.86 bits per heavy atom. The van der Waals surface area contributed by atoms with E-state index in [0.717, 1.165) is 18.2 Å². The number of carbonyl (C=O) groups excluding carboxylic acids is 3. The minimum absolute atomic E-state index is 0.0193. The normalized spacial score (nSPS) is 19.5. The molecule has 4 aliphatic heterocycles. The molecule has 4 atom stereocenters. The van der Waals surface area contributed by atoms with E-state index in [0.29, 0.717) is 93.2 Å². The van der Waals surface area contributed by atoms with Gasteiger partial charge in [0.25, 0.3) is 32.1 Å². The van der Waals surface area contributed by atoms with Crippen molar-refractivity contribution in [3.05, 3.63) is 141 Å². The molecule has 4 heterocycles. The van der Waals surface area contributed by atoms with Crippen LogP contribution in [0.4, 0.5) is 17.1 Å². The van der Waals surface area contributed by atoms with Crippen LogP contribution in [0.5, 0.6) is 17.2 Å². The molecule has 5 aromatic rings. The second-order valence-electron chi connectivity index (χ2n) is 19.9. The molecule has 0 radical (unpaired) electrons. The van der Waals surface area contributed by atoms with Gasteiger partial charge in [0.1, 0.15) is 24.2 Å². The lowest BCUT2D eigenvalue weighted by molar-refractivity contribution is -0.116. The van der Waals surface area contributed by atoms with Gasteiger partial charge in [0.05, 0.1) is 26.0 Å². The van der Waals surface area contributed by atoms with Crippen LogP contribution in [0.1, 0.15) is 93.3 Å². The van der Waals surface area contributed by atoms with Gasteiger partial charge in [0, 0.05) is 46.6 Å². The van der Waals surface area contributed by atoms with Gasteiger partial charge < -0.3 is 29.3 Å². The zero-order valence-corrected chi connectivity index (χ0v) is 41.6. The Hall–Kier alpha value is -6.27. The average molecular weight is 992 g/mol. The molecular formula is C53H57N3O12S2. The maximum absolute atomic E-state index is 14.4. The van der Waals surface area contributed by atoms with E-state index in [1.54, 1.807) is 40.1 Å². The largest absolute Gasteiger partial charge is 0.493 e. The van der Waals surface area contributed by atoms with E-state index in [4.69, 9.17) is 18.4 Å². The number of nitrogens with zero attached hydrogens (tertiary/aromatic N) is 2. The van der Waals surface area contributed by atoms with Crippen molar-refractivity contribution in [1.29, 1.82) is 0 Å². The first kappa shape index (κ1) is 48.7. The van der Waals surface area contributed by atoms with Crippen molar-refractivity contribution in [3.63, 3.8) is 0 Å². The van der Waals surface area contributed by atoms with Crippen LogP contribution in [0.3, 0.4) is 0 Å². The maximum atomic E-state index is 14.4. The number of ether oxygens (including phenoxy) is 3. The molecular weight excluding hydrogens is 935 g/mol. The van der Waals surface area contributed by atoms with Crippen molar-refractivity contribution in [2.75, 3.05) is 35.1 Å². The molecule has 2 unspecified atom stereocenters. The van der Waals surface area contributed by atoms with Crippen molar-refractivity contribution in [1.82, 2.24) is 0 Å². The third-order valence-corrected chi connectivity index (χ3v) is 16.4. The summed E-state index contributed by atoms with van der Waals surface area (Å²) in [6, 6.07) is 26.0. The zero-order valence-electron chi connectivity index (χ0n) is 40.0. The number of carbonyl (C=O) groups is 3. The molecule has 4 aliphatic rings. The molecule has 15 nitrogen and oxygen atoms in total. The number of rotatable bonds is 14. The standard InChI is InChI=1S/C53H57N3O12S2/c1-31-17-40-37(26-49(70(63,64)66-6)45-23-35-12-8-10-14-43(35)56(45)51(40)58)24-46(31)67-28-32-18-33(20-39(19-32)54-50(57)15-16-53(2,3)4)29-68-48-25-36-21-38(30-69(60,61)62)44-22-34-11-7-9-13-42(34)55(44)52(59)41(36)27-47(48)65-5/h7-14,17-20,24-25,27,38,44-45,49H,15-16,21-23,26,28-30H2,1-6H3,(H,54,57)(H,60,61,62)/t38?,44-,45-,49?/m0/s1. The average Bonchev–Trinajstić information content (AvgIpc) is 3.83. The van der Waals surface area contributed by atoms with Crippen molar-refractivity contribution in [3.8, 4) is 17.2 Å². The van der Waals surface area contributed by atoms with Gasteiger partial charge in [-0.25, -0.2) is 0 Å². The van der Waals surface area contributed by atoms with E-state index in [2.05, 4.69) is 26.1 Å². The lowest BCUT2D eigenvalue weighted by Gasteiger charge is -2.28. The summed E-state index contributed by atoms with van der Waals surface area (Å²) in [5, 5.41) is 1.99. The first-order valence-electron chi connectivity index (χ1n) is 23.3. The van der Waals surface area contributed by atoms with Crippen molar-refractivity contribution >= 4 is 55.0 Å². The number of benzene rings is 5. The third-order valence-electron chi connectivity index (χ3n) is 13.8. The van der Waals surface area contributed by atoms with Gasteiger partial charge in [-0.15, -0.1) is 0 Å². The maximum Gasteiger partial charge on any atom is 0.272 e. The molecule has 17 heteroatoms. The lowest BCUT2D eigenvalue weighted by Crippen LogP contribution is -2.47. The SMILES string of the molecule is COc1cc2c(cc1OCc1cc(COc3cc4c(cc3C)C(=O)N3c5ccccc5C[C@H]3C(S(=O)(=O)OC)C4)cc(NC(=O)CCC(C)(C)C)c1)CC(CS(=O)(=O)O)[C@@H]1Cc3ccccc3N1C2=O. The number of hydrogen-bond donors (Lipinski definition) is 2. The summed E-state index contributed by atoms with van der Waals surface area (Å²) in [7, 11) is -5.90. The molecule has 5 aromatic carbocycles. The third kappa shape index (κ3) is 9.89. The number of methoxy groups -OCH3 is 1. The van der Waals surface area contributed by atoms with Crippen LogP contribution in [-0.4, -0.2) is 76.4 Å². The van der Waals surface area contributed by atoms with Gasteiger partial charge in [-0.1, -0.05) is 57.2 Å². The molecule has 0 saturated carbocycles. The van der Waals surface area contributed by atoms with Crippen LogP contribution >= 0.6 is 0 Å². The minimum Gasteiger partial charge on any atom is -0.493 e. The Morgan fingerprint density at radius 2 is 1.26 bits per heavy atom. The fraction of sp³-hybridized carbons (Fsp3) is 0.377. The summed E-state index contributed by atoms with van der Waals surface area (Å²) in [4.78, 5) is 45.3. The number of para-hydroxylation sites is 2. The van der Waals surface area contributed by atoms with E-state index >= 15 is 0 Å². The zero-order chi connectivity index (χ0) is 49.9. The Balaban J connectivity index is 1.01. The van der Waals surface area contributed by atoms with E-state index in [1.165, 1.54) is 7.11 Å². The number of nitrogens with one attached hydrogen (secondary N) is 1. The van der Waals surface area contributed by atoms with Crippen molar-refractivity contribution < 1.29 is 54.2 Å². The lowest BCUT2D eigenvalue weighted by atomic mass is 9.90. The highest BCUT2D eigenvalue weighted by atomic mass is 32.2. The quantitative estimate of drug-likeness (QED) is 0.0805. The summed E-state index contributed by atoms with van der Waals surface area (Å²) >= 11 is 0. The van der Waals surface area contributed by atoms with Crippen LogP contribution < -0.4 is 29.3 Å². The number of amides is 3. The van der Waals surface area contributed by atoms with E-state index in [1.807, 2.05) is 67.6 Å². The topological polar surface area (TPSA) is 195 Å². The highest BCUT2D eigenvalue weighted by Crippen LogP contribution is 2.44. The summed E-state index contributed by atoms with van der Waals surface area (Å²) in [5.41, 5.74) is 7.39. The number of hydrogen-bond acceptors (Lipinski definition) is 11. The predicted octanol–water partition coefficient (Wildman–Crippen LogP) is 8.03. The highest BCUT2D eigenvalue weighted by molar-refractivity contribution is 7.87. The molecule has 9 rings (SSSR count). The highest BCUT2D eigenvalue weighted by Gasteiger charge is 2.48. The van der Waals surface area contributed by atoms with Crippen LogP contribution in [-0.2, 0) is 68.1 Å². The van der Waals surface area contributed by atoms with Gasteiger partial charge in [0.2, 0.25) is 5.91 Å². The molecule has 0 fully saturated rings. The van der Waals surface area contributed by atoms with E-state index < -0.39 is 49.2 Å². The molecule has 368 valence electrons. The fourth-order valence-corrected chi connectivity index (χ4v) is 12.6. The first-order valence-corrected chi connectivity index (χ1v) is 26.4. The second kappa shape index (κ2) is 18.8. The Morgan fingerprint density at radius 1 is 0.700 bits per heavy atom. The van der Waals surface area contributed by atoms with Gasteiger partial charge >= 0.3 is 0 Å². The molecule has 3 amide bonds. The Bertz CT molecular complexity index is 3150. The Kier molecular flexibility index (Phi) is 13.1. The van der Waals surface area contributed by atoms with Crippen molar-refractivity contribution in [2.24, 2.45) is 11.3 Å². The van der Waals surface area contributed by atoms with Crippen molar-refractivity contribution in [2.45, 2.75) is 96.8 Å². The molecule has 0 aromatic heterocycles. The van der Waals surface area contributed by atoms with Gasteiger partial charge in [-0.3, -0.25) is 23.1 Å². The number of aryl methyl sites for hydroxylation is 1. The van der Waals surface area contributed by atoms with Gasteiger partial charge in [-0.05, 0) is 138 Å². The minimum atomic E-state index is -4.41. The van der Waals surface area contributed by atoms with Crippen LogP contribution in [0.25, 0.3) is 0 Å². The molecule has 2 N–H and O–H groups in total. The predicted molar refractivity (Wildman–Crippen MR) is 265 cm³/mol. The molecule has 0 aliphatic carbocycles. The molecule has 70 heavy (non-hydrogen) atoms. The van der Waals surface area contributed by atoms with Crippen LogP contribution in [0, 0.1) is 18.3 Å². The summed E-state index contributed by atoms with van der Waals surface area (Å²) in [6.45, 7) is 8.03. The number of anilines is 3. The summed E-state index contributed by atoms with van der Waals surface area (Å²) in [5.74, 6) is -0.925. The monoisotopic (exact) mass is 991 g/mol. The fourth-order valence-electron chi connectivity index (χ4n) is 10.4. The molecule has 0 bridgehead atoms. The summed E-state index contributed by atoms with van der Waals surface area (Å²) < 4.78 is 85.7. The van der Waals surface area contributed by atoms with E-state index in [9.17, 15) is 35.8 Å². The van der Waals surface area contributed by atoms with Crippen LogP contribution in [0.2, 0.25) is 0 Å². The molecule has 0 spiro atoms. The molecule has 0 saturated heterocycles. The second-order valence-corrected chi connectivity index (χ2v) is 23.3. The Labute approximate surface area is 409 Å². The first-order chi connectivity index (χ1) is 33.2. The van der Waals surface area contributed by atoms with E-state index in [-0.39, 0.29) is 54.9 Å². The van der Waals surface area contributed by atoms with Gasteiger partial charge in [-0.2, -0.15) is 16.8 Å². The summed E-state index contributed by atoms with van der Waals surface area (Å²) in [6.07, 6.45) is 1.94.